The second kappa shape index (κ2) is 5.19. The molecule has 4 nitrogen and oxygen atoms in total. The van der Waals surface area contributed by atoms with Crippen LogP contribution in [0.2, 0.25) is 5.15 Å². The zero-order valence-corrected chi connectivity index (χ0v) is 11.9. The Labute approximate surface area is 108 Å². The largest absolute Gasteiger partial charge is 0.308 e. The van der Waals surface area contributed by atoms with Gasteiger partial charge in [0, 0.05) is 12.0 Å². The summed E-state index contributed by atoms with van der Waals surface area (Å²) in [4.78, 5) is 13.1. The Morgan fingerprint density at radius 2 is 2.00 bits per heavy atom. The van der Waals surface area contributed by atoms with Gasteiger partial charge in [-0.25, -0.2) is 0 Å². The van der Waals surface area contributed by atoms with Crippen LogP contribution in [-0.2, 0) is 12.0 Å². The van der Waals surface area contributed by atoms with E-state index in [1.807, 2.05) is 34.9 Å². The van der Waals surface area contributed by atoms with Crippen LogP contribution in [0.5, 0.6) is 0 Å². The molecule has 0 spiro atoms. The molecule has 0 saturated heterocycles. The second-order valence-electron chi connectivity index (χ2n) is 5.45. The van der Waals surface area contributed by atoms with Crippen molar-refractivity contribution in [1.29, 1.82) is 0 Å². The first-order valence-corrected chi connectivity index (χ1v) is 6.02. The molecule has 0 aliphatic heterocycles. The zero-order chi connectivity index (χ0) is 13.2. The van der Waals surface area contributed by atoms with Crippen molar-refractivity contribution in [3.05, 3.63) is 16.4 Å². The first-order valence-electron chi connectivity index (χ1n) is 5.64. The van der Waals surface area contributed by atoms with Crippen LogP contribution in [0.4, 0.5) is 0 Å². The molecule has 0 radical (unpaired) electrons. The average Bonchev–Trinajstić information content (AvgIpc) is 2.51. The zero-order valence-electron chi connectivity index (χ0n) is 11.1. The van der Waals surface area contributed by atoms with Gasteiger partial charge in [0.25, 0.3) is 0 Å². The van der Waals surface area contributed by atoms with Gasteiger partial charge < -0.3 is 4.90 Å². The van der Waals surface area contributed by atoms with Crippen molar-refractivity contribution in [3.8, 4) is 0 Å². The molecule has 0 amide bonds. The molecule has 0 N–H and O–H groups in total. The van der Waals surface area contributed by atoms with Crippen LogP contribution in [0.25, 0.3) is 0 Å². The molecule has 0 bridgehead atoms. The van der Waals surface area contributed by atoms with Crippen molar-refractivity contribution in [3.63, 3.8) is 0 Å². The van der Waals surface area contributed by atoms with Crippen LogP contribution in [0.3, 0.4) is 0 Å². The minimum absolute atomic E-state index is 0.177. The summed E-state index contributed by atoms with van der Waals surface area (Å²) in [6, 6.07) is 0. The maximum absolute atomic E-state index is 11.1. The molecule has 1 aromatic rings. The van der Waals surface area contributed by atoms with Gasteiger partial charge in [-0.1, -0.05) is 32.4 Å². The van der Waals surface area contributed by atoms with E-state index in [4.69, 9.17) is 11.6 Å². The van der Waals surface area contributed by atoms with E-state index in [1.54, 1.807) is 4.68 Å². The molecule has 0 aliphatic carbocycles. The number of hydrogen-bond donors (Lipinski definition) is 0. The maximum Gasteiger partial charge on any atom is 0.155 e. The Hall–Kier alpha value is -0.870. The topological polar surface area (TPSA) is 38.1 Å². The standard InChI is InChI=1S/C12H20ClN3O/c1-12(2,3)10-9(8-17)11(13)16(14-10)7-6-15(4)5/h8H,6-7H2,1-5H3. The summed E-state index contributed by atoms with van der Waals surface area (Å²) in [6.45, 7) is 7.59. The van der Waals surface area contributed by atoms with Crippen molar-refractivity contribution in [2.45, 2.75) is 32.7 Å². The smallest absolute Gasteiger partial charge is 0.155 e. The van der Waals surface area contributed by atoms with Gasteiger partial charge in [-0.2, -0.15) is 5.10 Å². The fourth-order valence-electron chi connectivity index (χ4n) is 1.56. The van der Waals surface area contributed by atoms with E-state index in [-0.39, 0.29) is 5.41 Å². The van der Waals surface area contributed by atoms with Gasteiger partial charge in [-0.15, -0.1) is 0 Å². The Balaban J connectivity index is 3.09. The number of hydrogen-bond acceptors (Lipinski definition) is 3. The minimum atomic E-state index is -0.177. The molecular weight excluding hydrogens is 238 g/mol. The van der Waals surface area contributed by atoms with Gasteiger partial charge in [0.15, 0.2) is 6.29 Å². The van der Waals surface area contributed by atoms with Gasteiger partial charge in [0.1, 0.15) is 5.15 Å². The average molecular weight is 258 g/mol. The predicted octanol–water partition coefficient (Wildman–Crippen LogP) is 2.21. The first-order chi connectivity index (χ1) is 7.77. The van der Waals surface area contributed by atoms with E-state index in [2.05, 4.69) is 10.00 Å². The SMILES string of the molecule is CN(C)CCn1nc(C(C)(C)C)c(C=O)c1Cl. The van der Waals surface area contributed by atoms with Crippen molar-refractivity contribution < 1.29 is 4.79 Å². The van der Waals surface area contributed by atoms with Gasteiger partial charge in [0.2, 0.25) is 0 Å². The summed E-state index contributed by atoms with van der Waals surface area (Å²) in [5.74, 6) is 0. The lowest BCUT2D eigenvalue weighted by Crippen LogP contribution is -2.20. The minimum Gasteiger partial charge on any atom is -0.308 e. The van der Waals surface area contributed by atoms with Gasteiger partial charge in [-0.3, -0.25) is 9.48 Å². The Bertz CT molecular complexity index is 405. The van der Waals surface area contributed by atoms with E-state index < -0.39 is 0 Å². The highest BCUT2D eigenvalue weighted by Gasteiger charge is 2.25. The van der Waals surface area contributed by atoms with Crippen LogP contribution in [0, 0.1) is 0 Å². The molecular formula is C12H20ClN3O. The van der Waals surface area contributed by atoms with Crippen LogP contribution in [0.1, 0.15) is 36.8 Å². The number of aromatic nitrogens is 2. The van der Waals surface area contributed by atoms with E-state index in [0.29, 0.717) is 17.3 Å². The number of halogens is 1. The fourth-order valence-corrected chi connectivity index (χ4v) is 1.81. The molecule has 0 atom stereocenters. The van der Waals surface area contributed by atoms with Crippen LogP contribution >= 0.6 is 11.6 Å². The van der Waals surface area contributed by atoms with Gasteiger partial charge >= 0.3 is 0 Å². The van der Waals surface area contributed by atoms with E-state index in [1.165, 1.54) is 0 Å². The molecule has 0 aromatic carbocycles. The highest BCUT2D eigenvalue weighted by molar-refractivity contribution is 6.32. The lowest BCUT2D eigenvalue weighted by atomic mass is 9.90. The number of carbonyl (C=O) groups is 1. The highest BCUT2D eigenvalue weighted by atomic mass is 35.5. The number of likely N-dealkylation sites (N-methyl/N-ethyl adjacent to an activating group) is 1. The van der Waals surface area contributed by atoms with Crippen LogP contribution in [0.15, 0.2) is 0 Å². The molecule has 5 heteroatoms. The lowest BCUT2D eigenvalue weighted by molar-refractivity contribution is 0.112. The number of nitrogens with zero attached hydrogens (tertiary/aromatic N) is 3. The maximum atomic E-state index is 11.1. The number of carbonyl (C=O) groups excluding carboxylic acids is 1. The summed E-state index contributed by atoms with van der Waals surface area (Å²) >= 11 is 6.17. The van der Waals surface area contributed by atoms with Crippen molar-refractivity contribution in [2.75, 3.05) is 20.6 Å². The molecule has 1 rings (SSSR count). The van der Waals surface area contributed by atoms with E-state index in [9.17, 15) is 4.79 Å². The number of aldehydes is 1. The fraction of sp³-hybridized carbons (Fsp3) is 0.667. The normalized spacial score (nSPS) is 12.2. The van der Waals surface area contributed by atoms with E-state index >= 15 is 0 Å². The monoisotopic (exact) mass is 257 g/mol. The summed E-state index contributed by atoms with van der Waals surface area (Å²) in [5.41, 5.74) is 1.10. The summed E-state index contributed by atoms with van der Waals surface area (Å²) in [7, 11) is 3.98. The third-order valence-electron chi connectivity index (χ3n) is 2.51. The van der Waals surface area contributed by atoms with Crippen LogP contribution in [-0.4, -0.2) is 41.6 Å². The quantitative estimate of drug-likeness (QED) is 0.777. The first kappa shape index (κ1) is 14.2. The molecule has 0 fully saturated rings. The molecule has 0 saturated carbocycles. The van der Waals surface area contributed by atoms with E-state index in [0.717, 1.165) is 18.5 Å². The second-order valence-corrected chi connectivity index (χ2v) is 5.81. The molecule has 96 valence electrons. The molecule has 1 heterocycles. The van der Waals surface area contributed by atoms with Gasteiger partial charge in [-0.05, 0) is 14.1 Å². The molecule has 0 aliphatic rings. The summed E-state index contributed by atoms with van der Waals surface area (Å²) in [5, 5.41) is 4.89. The van der Waals surface area contributed by atoms with Crippen molar-refractivity contribution >= 4 is 17.9 Å². The molecule has 0 unspecified atom stereocenters. The Kier molecular flexibility index (Phi) is 4.33. The summed E-state index contributed by atoms with van der Waals surface area (Å²) in [6.07, 6.45) is 0.794. The highest BCUT2D eigenvalue weighted by Crippen LogP contribution is 2.28. The number of rotatable bonds is 4. The third kappa shape index (κ3) is 3.30. The lowest BCUT2D eigenvalue weighted by Gasteiger charge is -2.15. The van der Waals surface area contributed by atoms with Crippen molar-refractivity contribution in [1.82, 2.24) is 14.7 Å². The van der Waals surface area contributed by atoms with Crippen LogP contribution < -0.4 is 0 Å². The Morgan fingerprint density at radius 1 is 1.41 bits per heavy atom. The molecule has 17 heavy (non-hydrogen) atoms. The molecule has 1 aromatic heterocycles. The third-order valence-corrected chi connectivity index (χ3v) is 2.91. The van der Waals surface area contributed by atoms with Gasteiger partial charge in [0.05, 0.1) is 17.8 Å². The van der Waals surface area contributed by atoms with Crippen molar-refractivity contribution in [2.24, 2.45) is 0 Å². The summed E-state index contributed by atoms with van der Waals surface area (Å²) < 4.78 is 1.70. The predicted molar refractivity (Wildman–Crippen MR) is 69.9 cm³/mol. The Morgan fingerprint density at radius 3 is 2.35 bits per heavy atom.